The van der Waals surface area contributed by atoms with E-state index in [1.54, 1.807) is 11.8 Å². The van der Waals surface area contributed by atoms with Gasteiger partial charge in [0.25, 0.3) is 5.91 Å². The highest BCUT2D eigenvalue weighted by molar-refractivity contribution is 7.80. The van der Waals surface area contributed by atoms with Crippen molar-refractivity contribution in [3.63, 3.8) is 0 Å². The first kappa shape index (κ1) is 11.1. The van der Waals surface area contributed by atoms with Gasteiger partial charge < -0.3 is 9.84 Å². The Morgan fingerprint density at radius 3 is 2.69 bits per heavy atom. The van der Waals surface area contributed by atoms with Crippen LogP contribution in [0.1, 0.15) is 23.9 Å². The van der Waals surface area contributed by atoms with Crippen molar-refractivity contribution in [1.82, 2.24) is 15.4 Å². The lowest BCUT2D eigenvalue weighted by Crippen LogP contribution is -2.30. The second kappa shape index (κ2) is 3.86. The zero-order valence-electron chi connectivity index (χ0n) is 9.40. The number of carbonyl (C=O) groups excluding carboxylic acids is 1. The maximum atomic E-state index is 11.8. The first-order valence-corrected chi connectivity index (χ1v) is 5.45. The monoisotopic (exact) mass is 239 g/mol. The smallest absolute Gasteiger partial charge is 0.251 e. The maximum Gasteiger partial charge on any atom is 0.251 e. The molecule has 1 aliphatic heterocycles. The molecule has 0 aliphatic carbocycles. The largest absolute Gasteiger partial charge is 0.361 e. The van der Waals surface area contributed by atoms with Crippen molar-refractivity contribution < 1.29 is 9.32 Å². The molecule has 0 spiro atoms. The molecule has 16 heavy (non-hydrogen) atoms. The number of nitrogens with one attached hydrogen (secondary N) is 1. The normalized spacial score (nSPS) is 20.4. The molecule has 0 radical (unpaired) electrons. The van der Waals surface area contributed by atoms with E-state index in [1.807, 2.05) is 13.8 Å². The van der Waals surface area contributed by atoms with Crippen LogP contribution in [0, 0.1) is 13.8 Å². The number of hydrogen-bond donors (Lipinski definition) is 1. The van der Waals surface area contributed by atoms with Crippen LogP contribution in [0.4, 0.5) is 0 Å². The van der Waals surface area contributed by atoms with Crippen molar-refractivity contribution in [2.75, 3.05) is 0 Å². The van der Waals surface area contributed by atoms with Crippen LogP contribution in [0.15, 0.2) is 4.52 Å². The molecule has 1 fully saturated rings. The zero-order valence-corrected chi connectivity index (χ0v) is 10.2. The molecule has 1 amide bonds. The predicted octanol–water partition coefficient (Wildman–Crippen LogP) is 0.897. The minimum Gasteiger partial charge on any atom is -0.361 e. The molecule has 1 saturated heterocycles. The summed E-state index contributed by atoms with van der Waals surface area (Å²) >= 11 is 5.10. The average Bonchev–Trinajstić information content (AvgIpc) is 2.65. The minimum absolute atomic E-state index is 0.00926. The molecule has 2 rings (SSSR count). The van der Waals surface area contributed by atoms with E-state index in [2.05, 4.69) is 10.5 Å². The summed E-state index contributed by atoms with van der Waals surface area (Å²) in [7, 11) is 0. The number of carbonyl (C=O) groups is 1. The minimum atomic E-state index is -0.243. The van der Waals surface area contributed by atoms with E-state index in [4.69, 9.17) is 16.7 Å². The quantitative estimate of drug-likeness (QED) is 0.777. The number of aryl methyl sites for hydroxylation is 2. The molecule has 1 aromatic rings. The Kier molecular flexibility index (Phi) is 2.67. The van der Waals surface area contributed by atoms with Gasteiger partial charge in [-0.3, -0.25) is 9.69 Å². The van der Waals surface area contributed by atoms with Gasteiger partial charge in [0.05, 0.1) is 12.2 Å². The number of thiocarbonyl (C=S) groups is 1. The molecule has 0 bridgehead atoms. The van der Waals surface area contributed by atoms with Crippen molar-refractivity contribution in [2.24, 2.45) is 0 Å². The number of hydrogen-bond acceptors (Lipinski definition) is 4. The highest BCUT2D eigenvalue weighted by Crippen LogP contribution is 2.17. The van der Waals surface area contributed by atoms with Crippen LogP contribution in [0.2, 0.25) is 0 Å². The van der Waals surface area contributed by atoms with Gasteiger partial charge in [0, 0.05) is 5.56 Å². The third kappa shape index (κ3) is 1.69. The lowest BCUT2D eigenvalue weighted by molar-refractivity contribution is -0.127. The summed E-state index contributed by atoms with van der Waals surface area (Å²) in [4.78, 5) is 13.3. The van der Waals surface area contributed by atoms with Gasteiger partial charge in [-0.2, -0.15) is 0 Å². The van der Waals surface area contributed by atoms with Gasteiger partial charge in [-0.25, -0.2) is 0 Å². The Bertz CT molecular complexity index is 435. The van der Waals surface area contributed by atoms with E-state index in [0.29, 0.717) is 11.7 Å². The summed E-state index contributed by atoms with van der Waals surface area (Å²) in [5, 5.41) is 7.25. The molecule has 86 valence electrons. The van der Waals surface area contributed by atoms with Gasteiger partial charge in [0.15, 0.2) is 5.11 Å². The summed E-state index contributed by atoms with van der Waals surface area (Å²) in [5.41, 5.74) is 1.72. The van der Waals surface area contributed by atoms with Crippen LogP contribution in [-0.4, -0.2) is 27.1 Å². The van der Waals surface area contributed by atoms with Crippen molar-refractivity contribution >= 4 is 23.2 Å². The van der Waals surface area contributed by atoms with Crippen LogP contribution in [0.25, 0.3) is 0 Å². The van der Waals surface area contributed by atoms with Crippen LogP contribution in [0.5, 0.6) is 0 Å². The van der Waals surface area contributed by atoms with E-state index < -0.39 is 0 Å². The van der Waals surface area contributed by atoms with Crippen LogP contribution in [0.3, 0.4) is 0 Å². The van der Waals surface area contributed by atoms with Gasteiger partial charge >= 0.3 is 0 Å². The van der Waals surface area contributed by atoms with E-state index in [1.165, 1.54) is 0 Å². The summed E-state index contributed by atoms with van der Waals surface area (Å²) in [6, 6.07) is -0.243. The average molecular weight is 239 g/mol. The second-order valence-electron chi connectivity index (χ2n) is 3.90. The Morgan fingerprint density at radius 1 is 1.56 bits per heavy atom. The van der Waals surface area contributed by atoms with E-state index in [0.717, 1.165) is 17.0 Å². The Labute approximate surface area is 98.8 Å². The Hall–Kier alpha value is -1.43. The van der Waals surface area contributed by atoms with Gasteiger partial charge in [0.1, 0.15) is 11.8 Å². The third-order valence-electron chi connectivity index (χ3n) is 2.72. The lowest BCUT2D eigenvalue weighted by atomic mass is 10.2. The standard InChI is InChI=1S/C10H13N3O2S/c1-5-8(7(3)15-12-5)4-13-9(14)6(2)11-10(13)16/h6H,4H2,1-3H3,(H,11,16)/t6-/m1/s1. The van der Waals surface area contributed by atoms with Gasteiger partial charge in [-0.05, 0) is 33.0 Å². The topological polar surface area (TPSA) is 58.4 Å². The van der Waals surface area contributed by atoms with Gasteiger partial charge in [0.2, 0.25) is 0 Å². The van der Waals surface area contributed by atoms with Gasteiger partial charge in [-0.15, -0.1) is 0 Å². The molecule has 1 aromatic heterocycles. The van der Waals surface area contributed by atoms with Crippen molar-refractivity contribution in [3.05, 3.63) is 17.0 Å². The predicted molar refractivity (Wildman–Crippen MR) is 61.7 cm³/mol. The van der Waals surface area contributed by atoms with Crippen molar-refractivity contribution in [2.45, 2.75) is 33.4 Å². The molecular formula is C10H13N3O2S. The van der Waals surface area contributed by atoms with Crippen LogP contribution >= 0.6 is 12.2 Å². The molecule has 2 heterocycles. The van der Waals surface area contributed by atoms with Crippen LogP contribution in [-0.2, 0) is 11.3 Å². The first-order valence-electron chi connectivity index (χ1n) is 5.04. The molecule has 6 heteroatoms. The third-order valence-corrected chi connectivity index (χ3v) is 3.06. The SMILES string of the molecule is Cc1noc(C)c1CN1C(=O)[C@@H](C)NC1=S. The van der Waals surface area contributed by atoms with Crippen LogP contribution < -0.4 is 5.32 Å². The molecule has 1 N–H and O–H groups in total. The molecule has 5 nitrogen and oxygen atoms in total. The summed E-state index contributed by atoms with van der Waals surface area (Å²) in [6.07, 6.45) is 0. The number of aromatic nitrogens is 1. The summed E-state index contributed by atoms with van der Waals surface area (Å²) < 4.78 is 5.05. The number of amides is 1. The molecular weight excluding hydrogens is 226 g/mol. The fourth-order valence-corrected chi connectivity index (χ4v) is 2.03. The molecule has 0 unspecified atom stereocenters. The molecule has 0 aromatic carbocycles. The van der Waals surface area contributed by atoms with E-state index in [9.17, 15) is 4.79 Å². The van der Waals surface area contributed by atoms with Crippen molar-refractivity contribution in [1.29, 1.82) is 0 Å². The first-order chi connectivity index (χ1) is 7.50. The molecule has 1 atom stereocenters. The second-order valence-corrected chi connectivity index (χ2v) is 4.28. The highest BCUT2D eigenvalue weighted by Gasteiger charge is 2.33. The van der Waals surface area contributed by atoms with Crippen molar-refractivity contribution in [3.8, 4) is 0 Å². The summed E-state index contributed by atoms with van der Waals surface area (Å²) in [6.45, 7) is 5.90. The summed E-state index contributed by atoms with van der Waals surface area (Å²) in [5.74, 6) is 0.720. The maximum absolute atomic E-state index is 11.8. The fourth-order valence-electron chi connectivity index (χ4n) is 1.69. The zero-order chi connectivity index (χ0) is 11.9. The molecule has 0 saturated carbocycles. The lowest BCUT2D eigenvalue weighted by Gasteiger charge is -2.13. The van der Waals surface area contributed by atoms with Gasteiger partial charge in [-0.1, -0.05) is 5.16 Å². The Balaban J connectivity index is 2.22. The highest BCUT2D eigenvalue weighted by atomic mass is 32.1. The van der Waals surface area contributed by atoms with E-state index >= 15 is 0 Å². The fraction of sp³-hybridized carbons (Fsp3) is 0.500. The van der Waals surface area contributed by atoms with E-state index in [-0.39, 0.29) is 11.9 Å². The number of rotatable bonds is 2. The number of nitrogens with zero attached hydrogens (tertiary/aromatic N) is 2. The Morgan fingerprint density at radius 2 is 2.25 bits per heavy atom. The molecule has 1 aliphatic rings.